The van der Waals surface area contributed by atoms with E-state index >= 15 is 0 Å². The minimum absolute atomic E-state index is 0.314. The van der Waals surface area contributed by atoms with Crippen LogP contribution in [-0.2, 0) is 0 Å². The summed E-state index contributed by atoms with van der Waals surface area (Å²) in [5.41, 5.74) is -0.314. The van der Waals surface area contributed by atoms with Crippen LogP contribution in [0.4, 0.5) is 0 Å². The Morgan fingerprint density at radius 3 is 2.42 bits per heavy atom. The summed E-state index contributed by atoms with van der Waals surface area (Å²) in [5, 5.41) is 13.2. The zero-order valence-electron chi connectivity index (χ0n) is 13.2. The topological polar surface area (TPSA) is 39.1 Å². The number of rotatable bonds is 10. The number of nitrogens with one attached hydrogen (secondary N) is 1. The molecule has 1 unspecified atom stereocenters. The van der Waals surface area contributed by atoms with E-state index in [4.69, 9.17) is 0 Å². The highest BCUT2D eigenvalue weighted by atomic mass is 15.2. The van der Waals surface area contributed by atoms with Gasteiger partial charge in [0.15, 0.2) is 0 Å². The van der Waals surface area contributed by atoms with Crippen LogP contribution in [0.2, 0.25) is 0 Å². The molecule has 1 atom stereocenters. The molecule has 0 aromatic heterocycles. The fourth-order valence-electron chi connectivity index (χ4n) is 2.79. The van der Waals surface area contributed by atoms with Gasteiger partial charge in [-0.2, -0.15) is 5.26 Å². The van der Waals surface area contributed by atoms with Gasteiger partial charge in [-0.1, -0.05) is 26.7 Å². The standard InChI is InChI=1S/C16H31N3/c1-5-7-8-11-19(14(3)4)13-16(12-17,18-6-2)15-9-10-15/h14-15,18H,5-11,13H2,1-4H3. The van der Waals surface area contributed by atoms with Gasteiger partial charge in [-0.05, 0) is 52.1 Å². The highest BCUT2D eigenvalue weighted by Crippen LogP contribution is 2.40. The van der Waals surface area contributed by atoms with Crippen molar-refractivity contribution in [2.24, 2.45) is 5.92 Å². The van der Waals surface area contributed by atoms with Crippen LogP contribution in [0.3, 0.4) is 0 Å². The number of hydrogen-bond acceptors (Lipinski definition) is 3. The summed E-state index contributed by atoms with van der Waals surface area (Å²) in [5.74, 6) is 0.560. The van der Waals surface area contributed by atoms with Gasteiger partial charge < -0.3 is 0 Å². The van der Waals surface area contributed by atoms with E-state index in [1.807, 2.05) is 0 Å². The van der Waals surface area contributed by atoms with Gasteiger partial charge in [0, 0.05) is 12.6 Å². The molecule has 3 nitrogen and oxygen atoms in total. The molecular formula is C16H31N3. The van der Waals surface area contributed by atoms with Gasteiger partial charge in [0.1, 0.15) is 5.54 Å². The number of nitrogens with zero attached hydrogens (tertiary/aromatic N) is 2. The maximum absolute atomic E-state index is 9.68. The summed E-state index contributed by atoms with van der Waals surface area (Å²) in [6.45, 7) is 11.7. The molecule has 3 heteroatoms. The third-order valence-electron chi connectivity index (χ3n) is 4.20. The summed E-state index contributed by atoms with van der Waals surface area (Å²) in [6.07, 6.45) is 6.20. The fraction of sp³-hybridized carbons (Fsp3) is 0.938. The lowest BCUT2D eigenvalue weighted by Gasteiger charge is -2.36. The van der Waals surface area contributed by atoms with Gasteiger partial charge in [-0.15, -0.1) is 0 Å². The summed E-state index contributed by atoms with van der Waals surface area (Å²) in [6, 6.07) is 3.12. The van der Waals surface area contributed by atoms with Crippen LogP contribution in [0, 0.1) is 17.2 Å². The van der Waals surface area contributed by atoms with Crippen molar-refractivity contribution in [1.29, 1.82) is 5.26 Å². The van der Waals surface area contributed by atoms with Crippen molar-refractivity contribution in [1.82, 2.24) is 10.2 Å². The number of unbranched alkanes of at least 4 members (excludes halogenated alkanes) is 2. The first-order valence-electron chi connectivity index (χ1n) is 8.00. The molecule has 0 radical (unpaired) electrons. The second-order valence-electron chi connectivity index (χ2n) is 6.16. The highest BCUT2D eigenvalue weighted by Gasteiger charge is 2.46. The van der Waals surface area contributed by atoms with E-state index in [0.29, 0.717) is 12.0 Å². The van der Waals surface area contributed by atoms with E-state index in [2.05, 4.69) is 44.0 Å². The molecule has 1 fully saturated rings. The van der Waals surface area contributed by atoms with Crippen molar-refractivity contribution in [2.45, 2.75) is 71.4 Å². The Kier molecular flexibility index (Phi) is 6.82. The maximum Gasteiger partial charge on any atom is 0.122 e. The van der Waals surface area contributed by atoms with Crippen molar-refractivity contribution >= 4 is 0 Å². The van der Waals surface area contributed by atoms with E-state index in [0.717, 1.165) is 19.6 Å². The molecule has 1 aliphatic rings. The highest BCUT2D eigenvalue weighted by molar-refractivity contribution is 5.16. The normalized spacial score (nSPS) is 18.6. The second kappa shape index (κ2) is 7.87. The molecule has 0 aliphatic heterocycles. The van der Waals surface area contributed by atoms with E-state index in [-0.39, 0.29) is 5.54 Å². The van der Waals surface area contributed by atoms with Gasteiger partial charge >= 0.3 is 0 Å². The Bertz CT molecular complexity index is 291. The monoisotopic (exact) mass is 265 g/mol. The largest absolute Gasteiger partial charge is 0.298 e. The van der Waals surface area contributed by atoms with Crippen molar-refractivity contribution in [3.8, 4) is 6.07 Å². The third-order valence-corrected chi connectivity index (χ3v) is 4.20. The molecule has 0 aromatic carbocycles. The Balaban J connectivity index is 2.65. The maximum atomic E-state index is 9.68. The molecule has 1 saturated carbocycles. The molecule has 1 rings (SSSR count). The van der Waals surface area contributed by atoms with E-state index < -0.39 is 0 Å². The van der Waals surface area contributed by atoms with Gasteiger partial charge in [-0.25, -0.2) is 0 Å². The molecular weight excluding hydrogens is 234 g/mol. The predicted molar refractivity (Wildman–Crippen MR) is 81.0 cm³/mol. The Hall–Kier alpha value is -0.590. The van der Waals surface area contributed by atoms with Crippen molar-refractivity contribution in [2.75, 3.05) is 19.6 Å². The number of likely N-dealkylation sites (N-methyl/N-ethyl adjacent to an activating group) is 1. The number of nitriles is 1. The molecule has 110 valence electrons. The van der Waals surface area contributed by atoms with Crippen molar-refractivity contribution in [3.63, 3.8) is 0 Å². The van der Waals surface area contributed by atoms with Crippen molar-refractivity contribution in [3.05, 3.63) is 0 Å². The Morgan fingerprint density at radius 2 is 2.00 bits per heavy atom. The summed E-state index contributed by atoms with van der Waals surface area (Å²) < 4.78 is 0. The van der Waals surface area contributed by atoms with Crippen LogP contribution in [0.15, 0.2) is 0 Å². The molecule has 0 saturated heterocycles. The van der Waals surface area contributed by atoms with Crippen molar-refractivity contribution < 1.29 is 0 Å². The molecule has 0 aromatic rings. The molecule has 1 aliphatic carbocycles. The lowest BCUT2D eigenvalue weighted by Crippen LogP contribution is -2.55. The molecule has 0 bridgehead atoms. The molecule has 0 heterocycles. The first-order chi connectivity index (χ1) is 9.09. The summed E-state index contributed by atoms with van der Waals surface area (Å²) in [7, 11) is 0. The average molecular weight is 265 g/mol. The zero-order chi connectivity index (χ0) is 14.3. The second-order valence-corrected chi connectivity index (χ2v) is 6.16. The lowest BCUT2D eigenvalue weighted by molar-refractivity contribution is 0.159. The van der Waals surface area contributed by atoms with Gasteiger partial charge in [0.2, 0.25) is 0 Å². The zero-order valence-corrected chi connectivity index (χ0v) is 13.2. The molecule has 1 N–H and O–H groups in total. The lowest BCUT2D eigenvalue weighted by atomic mass is 9.93. The Morgan fingerprint density at radius 1 is 1.32 bits per heavy atom. The number of hydrogen-bond donors (Lipinski definition) is 1. The SMILES string of the molecule is CCCCCN(CC(C#N)(NCC)C1CC1)C(C)C. The van der Waals surface area contributed by atoms with E-state index in [9.17, 15) is 5.26 Å². The van der Waals surface area contributed by atoms with Crippen LogP contribution in [0.1, 0.15) is 59.8 Å². The predicted octanol–water partition coefficient (Wildman–Crippen LogP) is 3.17. The van der Waals surface area contributed by atoms with Crippen LogP contribution in [0.5, 0.6) is 0 Å². The van der Waals surface area contributed by atoms with Crippen LogP contribution >= 0.6 is 0 Å². The van der Waals surface area contributed by atoms with Gasteiger partial charge in [0.25, 0.3) is 0 Å². The van der Waals surface area contributed by atoms with Gasteiger partial charge in [-0.3, -0.25) is 10.2 Å². The summed E-state index contributed by atoms with van der Waals surface area (Å²) >= 11 is 0. The molecule has 0 amide bonds. The summed E-state index contributed by atoms with van der Waals surface area (Å²) in [4.78, 5) is 2.49. The first-order valence-corrected chi connectivity index (χ1v) is 8.00. The minimum Gasteiger partial charge on any atom is -0.298 e. The molecule has 19 heavy (non-hydrogen) atoms. The van der Waals surface area contributed by atoms with E-state index in [1.54, 1.807) is 0 Å². The fourth-order valence-corrected chi connectivity index (χ4v) is 2.79. The smallest absolute Gasteiger partial charge is 0.122 e. The van der Waals surface area contributed by atoms with E-state index in [1.165, 1.54) is 32.1 Å². The third kappa shape index (κ3) is 4.78. The first kappa shape index (κ1) is 16.5. The molecule has 0 spiro atoms. The Labute approximate surface area is 119 Å². The minimum atomic E-state index is -0.314. The van der Waals surface area contributed by atoms with Gasteiger partial charge in [0.05, 0.1) is 6.07 Å². The quantitative estimate of drug-likeness (QED) is 0.617. The van der Waals surface area contributed by atoms with Crippen LogP contribution in [0.25, 0.3) is 0 Å². The van der Waals surface area contributed by atoms with Crippen LogP contribution in [-0.4, -0.2) is 36.1 Å². The van der Waals surface area contributed by atoms with Crippen LogP contribution < -0.4 is 5.32 Å². The average Bonchev–Trinajstić information content (AvgIpc) is 3.21.